The van der Waals surface area contributed by atoms with Gasteiger partial charge >= 0.3 is 0 Å². The molecule has 0 spiro atoms. The Morgan fingerprint density at radius 2 is 1.89 bits per heavy atom. The molecule has 1 N–H and O–H groups in total. The first-order chi connectivity index (χ1) is 8.15. The number of hydrogen-bond acceptors (Lipinski definition) is 2. The van der Waals surface area contributed by atoms with E-state index in [2.05, 4.69) is 46.9 Å². The standard InChI is InChI=1S/C16H31NO/c1-14(2,3)18-10-9-17-13-15(4,5)12-7-8-16(13,6)11-12/h12-13,17H,7-11H2,1-6H3. The van der Waals surface area contributed by atoms with Gasteiger partial charge in [-0.2, -0.15) is 0 Å². The predicted molar refractivity (Wildman–Crippen MR) is 76.7 cm³/mol. The van der Waals surface area contributed by atoms with E-state index < -0.39 is 0 Å². The third-order valence-electron chi connectivity index (χ3n) is 5.26. The van der Waals surface area contributed by atoms with Gasteiger partial charge < -0.3 is 10.1 Å². The van der Waals surface area contributed by atoms with Gasteiger partial charge in [0.05, 0.1) is 12.2 Å². The second-order valence-electron chi connectivity index (χ2n) is 8.26. The number of fused-ring (bicyclic) bond motifs is 2. The zero-order valence-corrected chi connectivity index (χ0v) is 13.1. The summed E-state index contributed by atoms with van der Waals surface area (Å²) in [6, 6.07) is 0.660. The predicted octanol–water partition coefficient (Wildman–Crippen LogP) is 3.61. The summed E-state index contributed by atoms with van der Waals surface area (Å²) in [7, 11) is 0. The highest BCUT2D eigenvalue weighted by molar-refractivity contribution is 5.11. The average molecular weight is 253 g/mol. The van der Waals surface area contributed by atoms with Crippen molar-refractivity contribution in [1.29, 1.82) is 0 Å². The fourth-order valence-corrected chi connectivity index (χ4v) is 4.37. The molecule has 2 bridgehead atoms. The van der Waals surface area contributed by atoms with Gasteiger partial charge in [0.1, 0.15) is 0 Å². The van der Waals surface area contributed by atoms with E-state index >= 15 is 0 Å². The molecule has 106 valence electrons. The lowest BCUT2D eigenvalue weighted by molar-refractivity contribution is -0.00606. The monoisotopic (exact) mass is 253 g/mol. The minimum Gasteiger partial charge on any atom is -0.375 e. The van der Waals surface area contributed by atoms with Crippen LogP contribution in [0.1, 0.15) is 60.8 Å². The Morgan fingerprint density at radius 1 is 1.22 bits per heavy atom. The van der Waals surface area contributed by atoms with Crippen molar-refractivity contribution in [2.24, 2.45) is 16.7 Å². The Hall–Kier alpha value is -0.0800. The Balaban J connectivity index is 1.86. The molecule has 2 aliphatic carbocycles. The molecule has 0 amide bonds. The topological polar surface area (TPSA) is 21.3 Å². The first-order valence-corrected chi connectivity index (χ1v) is 7.52. The molecule has 0 heterocycles. The van der Waals surface area contributed by atoms with E-state index in [0.717, 1.165) is 19.1 Å². The second kappa shape index (κ2) is 4.49. The molecule has 2 saturated carbocycles. The summed E-state index contributed by atoms with van der Waals surface area (Å²) in [4.78, 5) is 0. The molecule has 0 aromatic heterocycles. The summed E-state index contributed by atoms with van der Waals surface area (Å²) in [5.41, 5.74) is 0.959. The number of rotatable bonds is 4. The van der Waals surface area contributed by atoms with Gasteiger partial charge in [-0.25, -0.2) is 0 Å². The Bertz CT molecular complexity index is 300. The van der Waals surface area contributed by atoms with E-state index in [9.17, 15) is 0 Å². The fourth-order valence-electron chi connectivity index (χ4n) is 4.37. The van der Waals surface area contributed by atoms with E-state index in [1.807, 2.05) is 0 Å². The lowest BCUT2D eigenvalue weighted by Crippen LogP contribution is -2.51. The van der Waals surface area contributed by atoms with Gasteiger partial charge in [-0.1, -0.05) is 20.8 Å². The molecule has 2 aliphatic rings. The summed E-state index contributed by atoms with van der Waals surface area (Å²) in [6.45, 7) is 15.5. The van der Waals surface area contributed by atoms with Gasteiger partial charge in [0.25, 0.3) is 0 Å². The normalized spacial score (nSPS) is 38.3. The van der Waals surface area contributed by atoms with Gasteiger partial charge in [0.2, 0.25) is 0 Å². The average Bonchev–Trinajstić information content (AvgIpc) is 2.66. The Morgan fingerprint density at radius 3 is 2.39 bits per heavy atom. The SMILES string of the molecule is CC(C)(C)OCCNC1C2(C)CCC(C2)C1(C)C. The van der Waals surface area contributed by atoms with Crippen LogP contribution < -0.4 is 5.32 Å². The molecule has 0 radical (unpaired) electrons. The van der Waals surface area contributed by atoms with E-state index in [1.54, 1.807) is 0 Å². The molecule has 3 atom stereocenters. The lowest BCUT2D eigenvalue weighted by atomic mass is 9.68. The molecule has 0 aliphatic heterocycles. The van der Waals surface area contributed by atoms with Crippen molar-refractivity contribution in [2.75, 3.05) is 13.2 Å². The van der Waals surface area contributed by atoms with Crippen LogP contribution in [0.15, 0.2) is 0 Å². The summed E-state index contributed by atoms with van der Waals surface area (Å²) in [5, 5.41) is 3.79. The largest absolute Gasteiger partial charge is 0.375 e. The molecule has 2 fully saturated rings. The summed E-state index contributed by atoms with van der Waals surface area (Å²) >= 11 is 0. The van der Waals surface area contributed by atoms with Gasteiger partial charge in [-0.3, -0.25) is 0 Å². The molecule has 3 unspecified atom stereocenters. The maximum atomic E-state index is 5.81. The van der Waals surface area contributed by atoms with Crippen LogP contribution in [0.5, 0.6) is 0 Å². The van der Waals surface area contributed by atoms with Crippen molar-refractivity contribution in [3.05, 3.63) is 0 Å². The summed E-state index contributed by atoms with van der Waals surface area (Å²) in [6.07, 6.45) is 4.25. The Labute approximate surface area is 113 Å². The highest BCUT2D eigenvalue weighted by atomic mass is 16.5. The molecule has 0 saturated heterocycles. The van der Waals surface area contributed by atoms with Crippen molar-refractivity contribution in [1.82, 2.24) is 5.32 Å². The van der Waals surface area contributed by atoms with E-state index in [1.165, 1.54) is 19.3 Å². The minimum atomic E-state index is -0.0181. The van der Waals surface area contributed by atoms with E-state index in [-0.39, 0.29) is 5.60 Å². The molecule has 0 aromatic carbocycles. The Kier molecular flexibility index (Phi) is 3.57. The highest BCUT2D eigenvalue weighted by Crippen LogP contribution is 2.62. The first kappa shape index (κ1) is 14.3. The van der Waals surface area contributed by atoms with Crippen LogP contribution in [0, 0.1) is 16.7 Å². The molecule has 18 heavy (non-hydrogen) atoms. The third-order valence-corrected chi connectivity index (χ3v) is 5.26. The van der Waals surface area contributed by atoms with E-state index in [0.29, 0.717) is 16.9 Å². The second-order valence-corrected chi connectivity index (χ2v) is 8.26. The molecule has 0 aromatic rings. The van der Waals surface area contributed by atoms with Crippen LogP contribution >= 0.6 is 0 Å². The van der Waals surface area contributed by atoms with E-state index in [4.69, 9.17) is 4.74 Å². The van der Waals surface area contributed by atoms with Crippen molar-refractivity contribution in [2.45, 2.75) is 72.4 Å². The fraction of sp³-hybridized carbons (Fsp3) is 1.00. The third kappa shape index (κ3) is 2.60. The number of ether oxygens (including phenoxy) is 1. The van der Waals surface area contributed by atoms with Crippen molar-refractivity contribution < 1.29 is 4.74 Å². The molecular formula is C16H31NO. The van der Waals surface area contributed by atoms with Crippen LogP contribution in [0.4, 0.5) is 0 Å². The molecule has 2 rings (SSSR count). The van der Waals surface area contributed by atoms with Gasteiger partial charge in [-0.05, 0) is 56.8 Å². The van der Waals surface area contributed by atoms with Crippen LogP contribution in [0.25, 0.3) is 0 Å². The molecule has 2 heteroatoms. The van der Waals surface area contributed by atoms with Gasteiger partial charge in [0, 0.05) is 12.6 Å². The molecular weight excluding hydrogens is 222 g/mol. The quantitative estimate of drug-likeness (QED) is 0.773. The summed E-state index contributed by atoms with van der Waals surface area (Å²) in [5.74, 6) is 0.920. The lowest BCUT2D eigenvalue weighted by Gasteiger charge is -2.43. The highest BCUT2D eigenvalue weighted by Gasteiger charge is 2.58. The van der Waals surface area contributed by atoms with Crippen LogP contribution in [-0.2, 0) is 4.74 Å². The maximum Gasteiger partial charge on any atom is 0.0599 e. The van der Waals surface area contributed by atoms with Gasteiger partial charge in [-0.15, -0.1) is 0 Å². The van der Waals surface area contributed by atoms with Gasteiger partial charge in [0.15, 0.2) is 0 Å². The molecule has 2 nitrogen and oxygen atoms in total. The van der Waals surface area contributed by atoms with Crippen LogP contribution in [0.3, 0.4) is 0 Å². The first-order valence-electron chi connectivity index (χ1n) is 7.52. The zero-order chi connectivity index (χ0) is 13.6. The maximum absolute atomic E-state index is 5.81. The number of hydrogen-bond donors (Lipinski definition) is 1. The van der Waals surface area contributed by atoms with Crippen LogP contribution in [0.2, 0.25) is 0 Å². The summed E-state index contributed by atoms with van der Waals surface area (Å²) < 4.78 is 5.81. The van der Waals surface area contributed by atoms with Crippen molar-refractivity contribution in [3.63, 3.8) is 0 Å². The minimum absolute atomic E-state index is 0.0181. The van der Waals surface area contributed by atoms with Crippen LogP contribution in [-0.4, -0.2) is 24.8 Å². The van der Waals surface area contributed by atoms with Crippen molar-refractivity contribution >= 4 is 0 Å². The zero-order valence-electron chi connectivity index (χ0n) is 13.1. The van der Waals surface area contributed by atoms with Crippen molar-refractivity contribution in [3.8, 4) is 0 Å². The smallest absolute Gasteiger partial charge is 0.0599 e. The number of nitrogens with one attached hydrogen (secondary N) is 1.